The van der Waals surface area contributed by atoms with E-state index in [1.807, 2.05) is 6.07 Å². The smallest absolute Gasteiger partial charge is 0.472 e. The highest BCUT2D eigenvalue weighted by Crippen LogP contribution is 2.63. The van der Waals surface area contributed by atoms with Crippen LogP contribution < -0.4 is 10.5 Å². The second-order valence-electron chi connectivity index (χ2n) is 15.8. The zero-order valence-electron chi connectivity index (χ0n) is 34.6. The van der Waals surface area contributed by atoms with Crippen molar-refractivity contribution < 1.29 is 47.3 Å². The fraction of sp³-hybridized carbons (Fsp3) is 0.667. The number of nitrogens with zero attached hydrogens (tertiary/aromatic N) is 5. The lowest BCUT2D eigenvalue weighted by Gasteiger charge is -2.32. The fourth-order valence-electron chi connectivity index (χ4n) is 7.84. The zero-order chi connectivity index (χ0) is 42.5. The summed E-state index contributed by atoms with van der Waals surface area (Å²) in [6.45, 7) is 3.61. The van der Waals surface area contributed by atoms with Crippen molar-refractivity contribution in [1.29, 1.82) is 5.26 Å². The first-order valence-corrected chi connectivity index (χ1v) is 22.6. The van der Waals surface area contributed by atoms with Gasteiger partial charge in [0.15, 0.2) is 28.6 Å². The van der Waals surface area contributed by atoms with Gasteiger partial charge in [-0.25, -0.2) is 18.5 Å². The molecule has 0 spiro atoms. The van der Waals surface area contributed by atoms with Crippen molar-refractivity contribution in [2.75, 3.05) is 32.6 Å². The van der Waals surface area contributed by atoms with Crippen LogP contribution in [-0.4, -0.2) is 92.8 Å². The van der Waals surface area contributed by atoms with E-state index in [-0.39, 0.29) is 29.4 Å². The van der Waals surface area contributed by atoms with E-state index in [0.29, 0.717) is 17.7 Å². The van der Waals surface area contributed by atoms with Crippen molar-refractivity contribution in [3.8, 4) is 11.8 Å². The molecule has 2 aliphatic rings. The number of halogens is 1. The molecule has 17 heteroatoms. The summed E-state index contributed by atoms with van der Waals surface area (Å²) in [5.74, 6) is -0.798. The lowest BCUT2D eigenvalue weighted by atomic mass is 9.90. The number of aliphatic hydroxyl groups is 2. The molecule has 1 aliphatic heterocycles. The van der Waals surface area contributed by atoms with Crippen LogP contribution in [-0.2, 0) is 28.7 Å². The third-order valence-corrected chi connectivity index (χ3v) is 12.2. The number of benzene rings is 1. The number of fused-ring (bicyclic) bond motifs is 2. The Hall–Kier alpha value is -3.52. The molecule has 326 valence electrons. The van der Waals surface area contributed by atoms with Crippen molar-refractivity contribution >= 4 is 25.4 Å². The lowest BCUT2D eigenvalue weighted by molar-refractivity contribution is -0.0971. The highest BCUT2D eigenvalue weighted by molar-refractivity contribution is 7.47. The minimum absolute atomic E-state index is 0.104. The van der Waals surface area contributed by atoms with Crippen LogP contribution in [0.15, 0.2) is 35.6 Å². The zero-order valence-corrected chi connectivity index (χ0v) is 35.5. The van der Waals surface area contributed by atoms with E-state index < -0.39 is 55.9 Å². The average Bonchev–Trinajstić information content (AvgIpc) is 3.44. The third kappa shape index (κ3) is 11.7. The Morgan fingerprint density at radius 3 is 2.25 bits per heavy atom. The highest BCUT2D eigenvalue weighted by atomic mass is 31.2. The number of ether oxygens (including phenoxy) is 3. The number of rotatable bonds is 28. The number of nitriles is 1. The molecule has 3 heterocycles. The number of hydrogen-bond donors (Lipinski definition) is 4. The number of nitrogen functional groups attached to an aromatic ring is 1. The van der Waals surface area contributed by atoms with Crippen LogP contribution in [0.4, 0.5) is 10.2 Å². The first-order valence-electron chi connectivity index (χ1n) is 21.1. The van der Waals surface area contributed by atoms with Crippen molar-refractivity contribution in [1.82, 2.24) is 14.6 Å². The Bertz CT molecular complexity index is 1930. The van der Waals surface area contributed by atoms with Crippen molar-refractivity contribution in [2.24, 2.45) is 4.99 Å². The molecule has 1 saturated heterocycles. The first kappa shape index (κ1) is 46.5. The van der Waals surface area contributed by atoms with E-state index in [4.69, 9.17) is 29.0 Å². The monoisotopic (exact) mass is 844 g/mol. The van der Waals surface area contributed by atoms with Crippen LogP contribution in [0.1, 0.15) is 126 Å². The van der Waals surface area contributed by atoms with Crippen LogP contribution >= 0.6 is 7.82 Å². The normalized spacial score (nSPS) is 24.0. The average molecular weight is 845 g/mol. The van der Waals surface area contributed by atoms with E-state index in [2.05, 4.69) is 22.0 Å². The lowest BCUT2D eigenvalue weighted by Crippen LogP contribution is -2.49. The fourth-order valence-corrected chi connectivity index (χ4v) is 8.83. The Balaban J connectivity index is 1.08. The van der Waals surface area contributed by atoms with Gasteiger partial charge in [-0.15, -0.1) is 0 Å². The standard InChI is InChI=1S/C42H62FN6O9P/c1-4-5-6-7-8-9-10-11-12-13-14-15-16-17-18-19-22-54-26-32(56-35-23-30(2)31(25-44)24-33(35)43)27-55-59(52,53)58-38-37-42(38,51)40(50)41(57-37,28-46-3)36-21-20-34-39(45)47-29-48-49(34)36/h20-21,23-24,28-29,32,37-38,40,50-51H,4-19,22,26-27H2,1-3H3,(H,52,53)(H2,45,47,48)/t32-,37-,38?,40+,41+,42+/m1/s1. The number of aliphatic imine (C=N–C) groups is 1. The molecule has 15 nitrogen and oxygen atoms in total. The van der Waals surface area contributed by atoms with Crippen molar-refractivity contribution in [2.45, 2.75) is 152 Å². The molecule has 5 N–H and O–H groups in total. The number of nitrogens with two attached hydrogens (primary N) is 1. The summed E-state index contributed by atoms with van der Waals surface area (Å²) in [6.07, 6.45) is 17.0. The molecular weight excluding hydrogens is 782 g/mol. The summed E-state index contributed by atoms with van der Waals surface area (Å²) < 4.78 is 58.1. The minimum Gasteiger partial charge on any atom is -0.482 e. The van der Waals surface area contributed by atoms with E-state index in [1.165, 1.54) is 114 Å². The van der Waals surface area contributed by atoms with Crippen molar-refractivity contribution in [3.63, 3.8) is 0 Å². The number of aryl methyl sites for hydroxylation is 1. The van der Waals surface area contributed by atoms with Crippen molar-refractivity contribution in [3.05, 3.63) is 53.2 Å². The van der Waals surface area contributed by atoms with Gasteiger partial charge in [-0.2, -0.15) is 10.4 Å². The third-order valence-electron chi connectivity index (χ3n) is 11.3. The molecule has 0 amide bonds. The molecule has 1 aliphatic carbocycles. The Kier molecular flexibility index (Phi) is 17.2. The van der Waals surface area contributed by atoms with Gasteiger partial charge in [0.25, 0.3) is 0 Å². The van der Waals surface area contributed by atoms with Gasteiger partial charge in [-0.05, 0) is 43.2 Å². The van der Waals surface area contributed by atoms with Crippen LogP contribution in [0, 0.1) is 24.1 Å². The number of aliphatic hydroxyl groups excluding tert-OH is 1. The molecule has 5 rings (SSSR count). The highest BCUT2D eigenvalue weighted by Gasteiger charge is 2.83. The molecule has 7 atom stereocenters. The number of anilines is 1. The van der Waals surface area contributed by atoms with Gasteiger partial charge in [-0.1, -0.05) is 103 Å². The Morgan fingerprint density at radius 2 is 1.68 bits per heavy atom. The number of phosphoric acid groups is 1. The molecule has 0 bridgehead atoms. The largest absolute Gasteiger partial charge is 0.482 e. The van der Waals surface area contributed by atoms with Gasteiger partial charge in [-0.3, -0.25) is 14.0 Å². The molecule has 3 aromatic rings. The maximum atomic E-state index is 14.9. The number of unbranched alkanes of at least 4 members (excludes halogenated alkanes) is 15. The second-order valence-corrected chi connectivity index (χ2v) is 17.2. The molecule has 1 aromatic carbocycles. The van der Waals surface area contributed by atoms with Gasteiger partial charge in [0.05, 0.1) is 30.5 Å². The van der Waals surface area contributed by atoms with Crippen LogP contribution in [0.5, 0.6) is 5.75 Å². The quantitative estimate of drug-likeness (QED) is 0.0322. The predicted molar refractivity (Wildman–Crippen MR) is 221 cm³/mol. The number of aromatic nitrogens is 3. The maximum absolute atomic E-state index is 14.9. The summed E-state index contributed by atoms with van der Waals surface area (Å²) in [6, 6.07) is 7.57. The molecule has 1 saturated carbocycles. The van der Waals surface area contributed by atoms with E-state index >= 15 is 0 Å². The van der Waals surface area contributed by atoms with E-state index in [9.17, 15) is 29.3 Å². The molecular formula is C42H62FN6O9P. The summed E-state index contributed by atoms with van der Waals surface area (Å²) in [5.41, 5.74) is 3.48. The summed E-state index contributed by atoms with van der Waals surface area (Å²) in [4.78, 5) is 18.8. The second kappa shape index (κ2) is 21.8. The first-order chi connectivity index (χ1) is 28.4. The van der Waals surface area contributed by atoms with Gasteiger partial charge >= 0.3 is 7.82 Å². The van der Waals surface area contributed by atoms with Crippen LogP contribution in [0.2, 0.25) is 0 Å². The molecule has 2 unspecified atom stereocenters. The molecule has 59 heavy (non-hydrogen) atoms. The number of phosphoric ester groups is 1. The summed E-state index contributed by atoms with van der Waals surface area (Å²) >= 11 is 0. The molecule has 2 fully saturated rings. The number of hydrogen-bond acceptors (Lipinski definition) is 13. The van der Waals surface area contributed by atoms with Gasteiger partial charge < -0.3 is 35.1 Å². The Morgan fingerprint density at radius 1 is 1.05 bits per heavy atom. The topological polar surface area (TPSA) is 216 Å². The van der Waals surface area contributed by atoms with Gasteiger partial charge in [0, 0.05) is 19.9 Å². The van der Waals surface area contributed by atoms with Gasteiger partial charge in [0.1, 0.15) is 36.3 Å². The minimum atomic E-state index is -4.94. The summed E-state index contributed by atoms with van der Waals surface area (Å²) in [5, 5.41) is 36.5. The van der Waals surface area contributed by atoms with Crippen LogP contribution in [0.25, 0.3) is 5.52 Å². The summed E-state index contributed by atoms with van der Waals surface area (Å²) in [7, 11) is -3.48. The molecule has 2 aromatic heterocycles. The predicted octanol–water partition coefficient (Wildman–Crippen LogP) is 7.26. The van der Waals surface area contributed by atoms with E-state index in [1.54, 1.807) is 19.1 Å². The SMILES string of the molecule is CCCCCCCCCCCCCCCCCCOC[C@H](COP(=O)(O)OC1[C@H]2O[C@@](C=NC)(c3ccc4c(N)ncnn34)[C@H](O)[C@@]12O)Oc1cc(C)c(C#N)cc1F. The van der Waals surface area contributed by atoms with Gasteiger partial charge in [0.2, 0.25) is 0 Å². The maximum Gasteiger partial charge on any atom is 0.472 e. The van der Waals surface area contributed by atoms with E-state index in [0.717, 1.165) is 25.3 Å². The van der Waals surface area contributed by atoms with Crippen LogP contribution in [0.3, 0.4) is 0 Å². The molecule has 0 radical (unpaired) electrons. The Labute approximate surface area is 346 Å².